The van der Waals surface area contributed by atoms with Gasteiger partial charge in [-0.3, -0.25) is 14.6 Å². The molecule has 0 spiro atoms. The van der Waals surface area contributed by atoms with Gasteiger partial charge < -0.3 is 10.5 Å². The highest BCUT2D eigenvalue weighted by Crippen LogP contribution is 2.40. The predicted octanol–water partition coefficient (Wildman–Crippen LogP) is 0.435. The lowest BCUT2D eigenvalue weighted by Crippen LogP contribution is -2.59. The lowest BCUT2D eigenvalue weighted by atomic mass is 9.93. The van der Waals surface area contributed by atoms with Crippen molar-refractivity contribution >= 4 is 5.97 Å². The highest BCUT2D eigenvalue weighted by atomic mass is 16.5. The predicted molar refractivity (Wildman–Crippen MR) is 77.3 cm³/mol. The van der Waals surface area contributed by atoms with Gasteiger partial charge in [-0.1, -0.05) is 0 Å². The number of hydrogen-bond donors (Lipinski definition) is 1. The van der Waals surface area contributed by atoms with E-state index in [0.717, 1.165) is 32.0 Å². The molecule has 2 saturated heterocycles. The summed E-state index contributed by atoms with van der Waals surface area (Å²) in [4.78, 5) is 17.0. The Morgan fingerprint density at radius 3 is 2.60 bits per heavy atom. The summed E-state index contributed by atoms with van der Waals surface area (Å²) in [6.07, 6.45) is 5.91. The molecule has 114 valence electrons. The summed E-state index contributed by atoms with van der Waals surface area (Å²) in [7, 11) is 3.69. The summed E-state index contributed by atoms with van der Waals surface area (Å²) in [5, 5.41) is 0. The van der Waals surface area contributed by atoms with Crippen LogP contribution in [-0.4, -0.2) is 67.2 Å². The van der Waals surface area contributed by atoms with Gasteiger partial charge in [-0.05, 0) is 51.6 Å². The molecule has 5 nitrogen and oxygen atoms in total. The highest BCUT2D eigenvalue weighted by molar-refractivity contribution is 5.81. The Balaban J connectivity index is 1.68. The van der Waals surface area contributed by atoms with Gasteiger partial charge in [-0.15, -0.1) is 0 Å². The standard InChI is InChI=1S/C15H27N3O2/c1-17-12-5-6-13(17)9-18(8-7-12)10-15(16,11-3-4-11)14(19)20-2/h11-13H,3-10,16H2,1-2H3. The third kappa shape index (κ3) is 2.47. The third-order valence-corrected chi connectivity index (χ3v) is 5.59. The Morgan fingerprint density at radius 1 is 1.25 bits per heavy atom. The van der Waals surface area contributed by atoms with Crippen LogP contribution < -0.4 is 5.73 Å². The summed E-state index contributed by atoms with van der Waals surface area (Å²) in [5.41, 5.74) is 5.65. The van der Waals surface area contributed by atoms with Crippen molar-refractivity contribution < 1.29 is 9.53 Å². The smallest absolute Gasteiger partial charge is 0.327 e. The van der Waals surface area contributed by atoms with Gasteiger partial charge in [-0.25, -0.2) is 0 Å². The Hall–Kier alpha value is -0.650. The number of carbonyl (C=O) groups excluding carboxylic acids is 1. The van der Waals surface area contributed by atoms with Crippen molar-refractivity contribution in [2.24, 2.45) is 11.7 Å². The first kappa shape index (κ1) is 14.3. The van der Waals surface area contributed by atoms with Crippen molar-refractivity contribution in [3.05, 3.63) is 0 Å². The van der Waals surface area contributed by atoms with E-state index in [0.29, 0.717) is 18.5 Å². The van der Waals surface area contributed by atoms with Crippen molar-refractivity contribution in [1.29, 1.82) is 0 Å². The van der Waals surface area contributed by atoms with Crippen LogP contribution in [0.2, 0.25) is 0 Å². The summed E-state index contributed by atoms with van der Waals surface area (Å²) < 4.78 is 4.97. The second-order valence-electron chi connectivity index (χ2n) is 6.88. The summed E-state index contributed by atoms with van der Waals surface area (Å²) >= 11 is 0. The molecular formula is C15H27N3O2. The molecule has 2 aliphatic heterocycles. The molecule has 1 saturated carbocycles. The second-order valence-corrected chi connectivity index (χ2v) is 6.88. The van der Waals surface area contributed by atoms with E-state index in [1.165, 1.54) is 26.4 Å². The average Bonchev–Trinajstić information content (AvgIpc) is 3.21. The molecule has 3 atom stereocenters. The van der Waals surface area contributed by atoms with Crippen LogP contribution in [0.25, 0.3) is 0 Å². The second kappa shape index (κ2) is 5.28. The van der Waals surface area contributed by atoms with E-state index in [1.54, 1.807) is 0 Å². The van der Waals surface area contributed by atoms with Gasteiger partial charge in [0.1, 0.15) is 5.54 Å². The molecule has 2 bridgehead atoms. The largest absolute Gasteiger partial charge is 0.468 e. The Labute approximate surface area is 121 Å². The third-order valence-electron chi connectivity index (χ3n) is 5.59. The molecule has 1 aliphatic carbocycles. The van der Waals surface area contributed by atoms with Crippen LogP contribution in [0.3, 0.4) is 0 Å². The lowest BCUT2D eigenvalue weighted by Gasteiger charge is -2.34. The van der Waals surface area contributed by atoms with Crippen molar-refractivity contribution in [3.63, 3.8) is 0 Å². The molecule has 0 radical (unpaired) electrons. The van der Waals surface area contributed by atoms with Crippen LogP contribution in [-0.2, 0) is 9.53 Å². The van der Waals surface area contributed by atoms with E-state index in [9.17, 15) is 4.79 Å². The van der Waals surface area contributed by atoms with Gasteiger partial charge in [0, 0.05) is 25.2 Å². The fourth-order valence-corrected chi connectivity index (χ4v) is 4.04. The van der Waals surface area contributed by atoms with E-state index in [2.05, 4.69) is 16.8 Å². The number of ether oxygens (including phenoxy) is 1. The molecule has 20 heavy (non-hydrogen) atoms. The number of nitrogens with two attached hydrogens (primary N) is 1. The van der Waals surface area contributed by atoms with Crippen LogP contribution in [0, 0.1) is 5.92 Å². The number of carbonyl (C=O) groups is 1. The van der Waals surface area contributed by atoms with Gasteiger partial charge in [-0.2, -0.15) is 0 Å². The lowest BCUT2D eigenvalue weighted by molar-refractivity contribution is -0.149. The maximum atomic E-state index is 12.1. The Morgan fingerprint density at radius 2 is 1.95 bits per heavy atom. The maximum Gasteiger partial charge on any atom is 0.327 e. The van der Waals surface area contributed by atoms with Crippen molar-refractivity contribution in [2.75, 3.05) is 33.8 Å². The monoisotopic (exact) mass is 281 g/mol. The molecule has 3 unspecified atom stereocenters. The Kier molecular flexibility index (Phi) is 3.77. The number of methoxy groups -OCH3 is 1. The zero-order valence-electron chi connectivity index (χ0n) is 12.7. The molecular weight excluding hydrogens is 254 g/mol. The van der Waals surface area contributed by atoms with Crippen molar-refractivity contribution in [3.8, 4) is 0 Å². The zero-order valence-corrected chi connectivity index (χ0v) is 12.7. The summed E-state index contributed by atoms with van der Waals surface area (Å²) in [6.45, 7) is 2.74. The van der Waals surface area contributed by atoms with Gasteiger partial charge in [0.25, 0.3) is 0 Å². The van der Waals surface area contributed by atoms with E-state index in [1.807, 2.05) is 0 Å². The van der Waals surface area contributed by atoms with Crippen LogP contribution in [0.4, 0.5) is 0 Å². The SMILES string of the molecule is COC(=O)C(N)(CN1CCC2CCC(C1)N2C)C1CC1. The minimum Gasteiger partial charge on any atom is -0.468 e. The number of hydrogen-bond acceptors (Lipinski definition) is 5. The van der Waals surface area contributed by atoms with E-state index >= 15 is 0 Å². The molecule has 3 aliphatic rings. The molecule has 0 aromatic heterocycles. The van der Waals surface area contributed by atoms with Crippen LogP contribution in [0.5, 0.6) is 0 Å². The van der Waals surface area contributed by atoms with E-state index in [-0.39, 0.29) is 5.97 Å². The first-order valence-electron chi connectivity index (χ1n) is 7.86. The molecule has 3 rings (SSSR count). The molecule has 2 heterocycles. The Bertz CT molecular complexity index is 385. The molecule has 2 N–H and O–H groups in total. The fourth-order valence-electron chi connectivity index (χ4n) is 4.04. The number of fused-ring (bicyclic) bond motifs is 2. The fraction of sp³-hybridized carbons (Fsp3) is 0.933. The minimum atomic E-state index is -0.795. The number of rotatable bonds is 4. The zero-order chi connectivity index (χ0) is 14.3. The summed E-state index contributed by atoms with van der Waals surface area (Å²) in [6, 6.07) is 1.35. The van der Waals surface area contributed by atoms with Crippen LogP contribution >= 0.6 is 0 Å². The van der Waals surface area contributed by atoms with Crippen molar-refractivity contribution in [1.82, 2.24) is 9.80 Å². The normalized spacial score (nSPS) is 34.5. The first-order chi connectivity index (χ1) is 9.54. The molecule has 3 fully saturated rings. The molecule has 0 amide bonds. The number of nitrogens with zero attached hydrogens (tertiary/aromatic N) is 2. The van der Waals surface area contributed by atoms with Gasteiger partial charge in [0.15, 0.2) is 0 Å². The molecule has 0 aromatic rings. The van der Waals surface area contributed by atoms with Crippen molar-refractivity contribution in [2.45, 2.75) is 49.7 Å². The van der Waals surface area contributed by atoms with E-state index < -0.39 is 5.54 Å². The number of likely N-dealkylation sites (tertiary alicyclic amines) is 1. The highest BCUT2D eigenvalue weighted by Gasteiger charge is 2.50. The van der Waals surface area contributed by atoms with Gasteiger partial charge >= 0.3 is 5.97 Å². The van der Waals surface area contributed by atoms with Gasteiger partial charge in [0.2, 0.25) is 0 Å². The van der Waals surface area contributed by atoms with Gasteiger partial charge in [0.05, 0.1) is 7.11 Å². The number of esters is 1. The van der Waals surface area contributed by atoms with E-state index in [4.69, 9.17) is 10.5 Å². The summed E-state index contributed by atoms with van der Waals surface area (Å²) in [5.74, 6) is 0.0795. The molecule has 5 heteroatoms. The minimum absolute atomic E-state index is 0.234. The molecule has 0 aromatic carbocycles. The topological polar surface area (TPSA) is 58.8 Å². The maximum absolute atomic E-state index is 12.1. The van der Waals surface area contributed by atoms with Crippen LogP contribution in [0.15, 0.2) is 0 Å². The quantitative estimate of drug-likeness (QED) is 0.758. The first-order valence-corrected chi connectivity index (χ1v) is 7.86. The number of likely N-dealkylation sites (N-methyl/N-ethyl adjacent to an activating group) is 1. The van der Waals surface area contributed by atoms with Crippen LogP contribution in [0.1, 0.15) is 32.1 Å². The average molecular weight is 281 g/mol.